The van der Waals surface area contributed by atoms with Crippen LogP contribution in [0.15, 0.2) is 11.6 Å². The molecule has 3 saturated carbocycles. The molecule has 3 fully saturated rings. The Balaban J connectivity index is 1.64. The molecule has 0 aromatic rings. The lowest BCUT2D eigenvalue weighted by atomic mass is 9.45. The summed E-state index contributed by atoms with van der Waals surface area (Å²) in [6.07, 6.45) is 8.16. The molecule has 4 rings (SSSR count). The van der Waals surface area contributed by atoms with Crippen LogP contribution in [0.3, 0.4) is 0 Å². The molecule has 0 aromatic carbocycles. The normalized spacial score (nSPS) is 43.0. The van der Waals surface area contributed by atoms with Crippen LogP contribution in [-0.2, 0) is 19.1 Å². The summed E-state index contributed by atoms with van der Waals surface area (Å²) in [5.41, 5.74) is -1.05. The lowest BCUT2D eigenvalue weighted by molar-refractivity contribution is -0.195. The number of unbranched alkanes of at least 4 members (excludes halogenated alkanes) is 2. The van der Waals surface area contributed by atoms with E-state index in [-0.39, 0.29) is 47.1 Å². The van der Waals surface area contributed by atoms with E-state index in [4.69, 9.17) is 4.74 Å². The Morgan fingerprint density at radius 1 is 1.16 bits per heavy atom. The Bertz CT molecular complexity index is 834. The lowest BCUT2D eigenvalue weighted by Crippen LogP contribution is -2.61. The van der Waals surface area contributed by atoms with Gasteiger partial charge in [-0.2, -0.15) is 0 Å². The highest BCUT2D eigenvalue weighted by atomic mass is 19.1. The van der Waals surface area contributed by atoms with Crippen molar-refractivity contribution >= 4 is 17.5 Å². The van der Waals surface area contributed by atoms with Crippen molar-refractivity contribution in [2.45, 2.75) is 110 Å². The van der Waals surface area contributed by atoms with Crippen LogP contribution in [0.5, 0.6) is 0 Å². The first-order valence-corrected chi connectivity index (χ1v) is 12.7. The summed E-state index contributed by atoms with van der Waals surface area (Å²) in [4.78, 5) is 37.8. The van der Waals surface area contributed by atoms with Crippen LogP contribution in [0.4, 0.5) is 4.39 Å². The van der Waals surface area contributed by atoms with Crippen molar-refractivity contribution in [2.24, 2.45) is 28.6 Å². The minimum Gasteiger partial charge on any atom is -0.450 e. The summed E-state index contributed by atoms with van der Waals surface area (Å²) in [5, 5.41) is 0. The summed E-state index contributed by atoms with van der Waals surface area (Å²) in [6.45, 7) is 7.75. The topological polar surface area (TPSA) is 60.4 Å². The third-order valence-corrected chi connectivity index (χ3v) is 9.82. The monoisotopic (exact) mass is 446 g/mol. The van der Waals surface area contributed by atoms with E-state index in [9.17, 15) is 14.4 Å². The molecule has 1 unspecified atom stereocenters. The number of Topliss-reactive ketones (excluding diaryl/α,β-unsaturated/α-hetero) is 1. The predicted molar refractivity (Wildman–Crippen MR) is 121 cm³/mol. The highest BCUT2D eigenvalue weighted by molar-refractivity contribution is 5.92. The third-order valence-electron chi connectivity index (χ3n) is 9.82. The van der Waals surface area contributed by atoms with Gasteiger partial charge in [0, 0.05) is 24.2 Å². The van der Waals surface area contributed by atoms with Gasteiger partial charge in [-0.1, -0.05) is 39.2 Å². The van der Waals surface area contributed by atoms with Gasteiger partial charge in [0.15, 0.2) is 17.2 Å². The van der Waals surface area contributed by atoms with Gasteiger partial charge in [0.2, 0.25) is 0 Å². The fourth-order valence-electron chi connectivity index (χ4n) is 8.19. The third kappa shape index (κ3) is 3.40. The number of hydrogen-bond donors (Lipinski definition) is 0. The van der Waals surface area contributed by atoms with Crippen molar-refractivity contribution in [1.29, 1.82) is 0 Å². The fraction of sp³-hybridized carbons (Fsp3) is 0.815. The number of fused-ring (bicyclic) bond motifs is 5. The standard InChI is InChI=1S/C27H39FO4/c1-5-6-7-8-23(31)32-27(17(2)29)14-12-21-20-10-9-18-15-19(30)11-13-25(18,3)24(20)22(28)16-26(21,27)4/h15,20-22,24H,5-14,16H2,1-4H3/t20-,21-,22?,24+,25-,26-,27-/m0/s1. The molecular weight excluding hydrogens is 407 g/mol. The summed E-state index contributed by atoms with van der Waals surface area (Å²) in [6, 6.07) is 0. The molecule has 4 aliphatic carbocycles. The zero-order valence-corrected chi connectivity index (χ0v) is 20.2. The molecule has 7 atom stereocenters. The maximum absolute atomic E-state index is 16.1. The lowest BCUT2D eigenvalue weighted by Gasteiger charge is -2.60. The van der Waals surface area contributed by atoms with Crippen LogP contribution in [0, 0.1) is 28.6 Å². The summed E-state index contributed by atoms with van der Waals surface area (Å²) >= 11 is 0. The molecule has 0 radical (unpaired) electrons. The Morgan fingerprint density at radius 3 is 2.59 bits per heavy atom. The molecule has 0 amide bonds. The van der Waals surface area contributed by atoms with E-state index in [1.807, 2.05) is 6.92 Å². The van der Waals surface area contributed by atoms with Gasteiger partial charge in [0.05, 0.1) is 0 Å². The van der Waals surface area contributed by atoms with Gasteiger partial charge in [0.25, 0.3) is 0 Å². The van der Waals surface area contributed by atoms with Crippen LogP contribution in [0.25, 0.3) is 0 Å². The minimum absolute atomic E-state index is 0.128. The zero-order chi connectivity index (χ0) is 23.3. The maximum Gasteiger partial charge on any atom is 0.306 e. The predicted octanol–water partition coefficient (Wildman–Crippen LogP) is 5.92. The smallest absolute Gasteiger partial charge is 0.306 e. The number of carbonyl (C=O) groups is 3. The molecule has 178 valence electrons. The second-order valence-corrected chi connectivity index (χ2v) is 11.4. The molecule has 0 bridgehead atoms. The van der Waals surface area contributed by atoms with Crippen molar-refractivity contribution in [1.82, 2.24) is 0 Å². The van der Waals surface area contributed by atoms with E-state index in [0.29, 0.717) is 25.7 Å². The van der Waals surface area contributed by atoms with E-state index < -0.39 is 17.2 Å². The van der Waals surface area contributed by atoms with Crippen molar-refractivity contribution in [3.8, 4) is 0 Å². The minimum atomic E-state index is -1.21. The van der Waals surface area contributed by atoms with Crippen molar-refractivity contribution in [3.05, 3.63) is 11.6 Å². The second kappa shape index (κ2) is 8.36. The number of allylic oxidation sites excluding steroid dienone is 1. The van der Waals surface area contributed by atoms with Gasteiger partial charge in [-0.25, -0.2) is 4.39 Å². The van der Waals surface area contributed by atoms with Crippen LogP contribution in [0.1, 0.15) is 98.3 Å². The molecule has 4 aliphatic rings. The van der Waals surface area contributed by atoms with Crippen molar-refractivity contribution in [3.63, 3.8) is 0 Å². The molecule has 4 nitrogen and oxygen atoms in total. The van der Waals surface area contributed by atoms with Gasteiger partial charge in [0.1, 0.15) is 6.17 Å². The molecule has 0 N–H and O–H groups in total. The van der Waals surface area contributed by atoms with Crippen LogP contribution in [-0.4, -0.2) is 29.3 Å². The van der Waals surface area contributed by atoms with Crippen LogP contribution >= 0.6 is 0 Å². The molecule has 0 spiro atoms. The molecule has 0 aromatic heterocycles. The molecule has 0 heterocycles. The van der Waals surface area contributed by atoms with Gasteiger partial charge in [-0.05, 0) is 75.2 Å². The van der Waals surface area contributed by atoms with Crippen molar-refractivity contribution < 1.29 is 23.5 Å². The number of carbonyl (C=O) groups excluding carboxylic acids is 3. The van der Waals surface area contributed by atoms with E-state index in [1.165, 1.54) is 6.92 Å². The number of esters is 1. The van der Waals surface area contributed by atoms with E-state index in [1.54, 1.807) is 6.08 Å². The average Bonchev–Trinajstić information content (AvgIpc) is 3.01. The number of halogens is 1. The highest BCUT2D eigenvalue weighted by Gasteiger charge is 2.70. The summed E-state index contributed by atoms with van der Waals surface area (Å²) < 4.78 is 22.2. The molecule has 5 heteroatoms. The Labute approximate surface area is 191 Å². The van der Waals surface area contributed by atoms with Crippen molar-refractivity contribution in [2.75, 3.05) is 0 Å². The SMILES string of the molecule is CCCCCC(=O)O[C@]1(C(C)=O)CC[C@H]2[C@@H]3CCC4=CC(=O)CC[C@]4(C)[C@H]3C(F)C[C@@]21C. The second-order valence-electron chi connectivity index (χ2n) is 11.4. The number of hydrogen-bond acceptors (Lipinski definition) is 4. The quantitative estimate of drug-likeness (QED) is 0.375. The maximum atomic E-state index is 16.1. The first-order valence-electron chi connectivity index (χ1n) is 12.7. The zero-order valence-electron chi connectivity index (χ0n) is 20.2. The first-order chi connectivity index (χ1) is 15.1. The summed E-state index contributed by atoms with van der Waals surface area (Å²) in [7, 11) is 0. The van der Waals surface area contributed by atoms with E-state index in [0.717, 1.165) is 44.1 Å². The van der Waals surface area contributed by atoms with Gasteiger partial charge >= 0.3 is 5.97 Å². The molecule has 32 heavy (non-hydrogen) atoms. The van der Waals surface area contributed by atoms with Gasteiger partial charge < -0.3 is 4.74 Å². The van der Waals surface area contributed by atoms with Crippen LogP contribution in [0.2, 0.25) is 0 Å². The Morgan fingerprint density at radius 2 is 1.91 bits per heavy atom. The molecule has 0 saturated heterocycles. The van der Waals surface area contributed by atoms with Gasteiger partial charge in [-0.15, -0.1) is 0 Å². The van der Waals surface area contributed by atoms with E-state index >= 15 is 4.39 Å². The molecular formula is C27H39FO4. The Kier molecular flexibility index (Phi) is 6.17. The largest absolute Gasteiger partial charge is 0.450 e. The summed E-state index contributed by atoms with van der Waals surface area (Å²) in [5.74, 6) is -0.111. The number of alkyl halides is 1. The fourth-order valence-corrected chi connectivity index (χ4v) is 8.19. The number of rotatable bonds is 6. The van der Waals surface area contributed by atoms with Gasteiger partial charge in [-0.3, -0.25) is 14.4 Å². The first kappa shape index (κ1) is 23.6. The highest BCUT2D eigenvalue weighted by Crippen LogP contribution is 2.68. The Hall–Kier alpha value is -1.52. The number of ether oxygens (including phenoxy) is 1. The van der Waals surface area contributed by atoms with Crippen LogP contribution < -0.4 is 0 Å². The molecule has 0 aliphatic heterocycles. The van der Waals surface area contributed by atoms with E-state index in [2.05, 4.69) is 13.8 Å². The average molecular weight is 447 g/mol. The number of ketones is 2.